The predicted molar refractivity (Wildman–Crippen MR) is 73.6 cm³/mol. The van der Waals surface area contributed by atoms with Crippen LogP contribution in [0.2, 0.25) is 0 Å². The molecule has 0 saturated carbocycles. The van der Waals surface area contributed by atoms with Crippen molar-refractivity contribution in [2.75, 3.05) is 13.2 Å². The summed E-state index contributed by atoms with van der Waals surface area (Å²) >= 11 is 1.46. The van der Waals surface area contributed by atoms with Crippen LogP contribution in [0.25, 0.3) is 0 Å². The van der Waals surface area contributed by atoms with Gasteiger partial charge in [0.25, 0.3) is 5.19 Å². The van der Waals surface area contributed by atoms with Gasteiger partial charge in [0.1, 0.15) is 12.2 Å². The lowest BCUT2D eigenvalue weighted by Crippen LogP contribution is -2.42. The molecule has 1 aliphatic rings. The van der Waals surface area contributed by atoms with Gasteiger partial charge in [-0.1, -0.05) is 11.3 Å². The molecule has 0 bridgehead atoms. The lowest BCUT2D eigenvalue weighted by molar-refractivity contribution is 0.0187. The summed E-state index contributed by atoms with van der Waals surface area (Å²) in [6, 6.07) is 0.0822. The highest BCUT2D eigenvalue weighted by molar-refractivity contribution is 7.11. The molecule has 6 heteroatoms. The van der Waals surface area contributed by atoms with E-state index in [1.807, 2.05) is 26.2 Å². The van der Waals surface area contributed by atoms with E-state index in [1.165, 1.54) is 11.3 Å². The van der Waals surface area contributed by atoms with E-state index in [2.05, 4.69) is 4.98 Å². The van der Waals surface area contributed by atoms with Crippen molar-refractivity contribution in [1.29, 1.82) is 0 Å². The second kappa shape index (κ2) is 5.77. The molecule has 2 rings (SSSR count). The quantitative estimate of drug-likeness (QED) is 0.856. The molecule has 2 heterocycles. The molecule has 0 spiro atoms. The number of carbonyl (C=O) groups is 1. The Morgan fingerprint density at radius 3 is 3.00 bits per heavy atom. The van der Waals surface area contributed by atoms with Crippen molar-refractivity contribution >= 4 is 17.4 Å². The van der Waals surface area contributed by atoms with Gasteiger partial charge in [-0.15, -0.1) is 0 Å². The maximum Gasteiger partial charge on any atom is 0.410 e. The van der Waals surface area contributed by atoms with Crippen LogP contribution in [0.5, 0.6) is 5.19 Å². The molecule has 1 aliphatic heterocycles. The molecule has 5 nitrogen and oxygen atoms in total. The molecule has 1 saturated heterocycles. The van der Waals surface area contributed by atoms with Gasteiger partial charge < -0.3 is 14.4 Å². The smallest absolute Gasteiger partial charge is 0.410 e. The van der Waals surface area contributed by atoms with Crippen molar-refractivity contribution in [3.8, 4) is 5.19 Å². The van der Waals surface area contributed by atoms with Crippen molar-refractivity contribution < 1.29 is 14.3 Å². The molecule has 0 N–H and O–H groups in total. The predicted octanol–water partition coefficient (Wildman–Crippen LogP) is 2.92. The summed E-state index contributed by atoms with van der Waals surface area (Å²) in [5.41, 5.74) is -0.458. The number of amides is 1. The third-order valence-corrected chi connectivity index (χ3v) is 3.50. The molecule has 1 atom stereocenters. The third kappa shape index (κ3) is 4.09. The van der Waals surface area contributed by atoms with Crippen molar-refractivity contribution in [3.63, 3.8) is 0 Å². The Labute approximate surface area is 117 Å². The van der Waals surface area contributed by atoms with Gasteiger partial charge in [0.15, 0.2) is 0 Å². The van der Waals surface area contributed by atoms with Gasteiger partial charge in [0.05, 0.1) is 6.04 Å². The average molecular weight is 284 g/mol. The van der Waals surface area contributed by atoms with E-state index in [0.29, 0.717) is 11.8 Å². The van der Waals surface area contributed by atoms with E-state index in [-0.39, 0.29) is 12.1 Å². The van der Waals surface area contributed by atoms with Crippen LogP contribution in [0.1, 0.15) is 33.6 Å². The standard InChI is InChI=1S/C13H20N2O3S/c1-13(2,3)18-12(16)15-7-4-5-10(15)9-17-11-14-6-8-19-11/h6,8,10H,4-5,7,9H2,1-3H3. The molecular weight excluding hydrogens is 264 g/mol. The first-order valence-electron chi connectivity index (χ1n) is 6.47. The van der Waals surface area contributed by atoms with Crippen LogP contribution >= 0.6 is 11.3 Å². The van der Waals surface area contributed by atoms with Crippen molar-refractivity contribution in [2.24, 2.45) is 0 Å². The summed E-state index contributed by atoms with van der Waals surface area (Å²) in [6.45, 7) is 6.85. The zero-order valence-corrected chi connectivity index (χ0v) is 12.4. The summed E-state index contributed by atoms with van der Waals surface area (Å²) in [5.74, 6) is 0. The van der Waals surface area contributed by atoms with E-state index in [9.17, 15) is 4.79 Å². The molecule has 1 aromatic rings. The summed E-state index contributed by atoms with van der Waals surface area (Å²) in [6.07, 6.45) is 3.40. The number of hydrogen-bond donors (Lipinski definition) is 0. The summed E-state index contributed by atoms with van der Waals surface area (Å²) in [4.78, 5) is 17.9. The van der Waals surface area contributed by atoms with Crippen molar-refractivity contribution in [2.45, 2.75) is 45.3 Å². The van der Waals surface area contributed by atoms with Crippen LogP contribution in [0, 0.1) is 0 Å². The SMILES string of the molecule is CC(C)(C)OC(=O)N1CCCC1COc1nccs1. The molecule has 0 aromatic carbocycles. The van der Waals surface area contributed by atoms with Crippen LogP contribution in [0.15, 0.2) is 11.6 Å². The zero-order valence-electron chi connectivity index (χ0n) is 11.6. The Hall–Kier alpha value is -1.30. The highest BCUT2D eigenvalue weighted by atomic mass is 32.1. The van der Waals surface area contributed by atoms with Gasteiger partial charge in [-0.3, -0.25) is 0 Å². The number of rotatable bonds is 3. The lowest BCUT2D eigenvalue weighted by atomic mass is 10.2. The van der Waals surface area contributed by atoms with Crippen LogP contribution in [0.3, 0.4) is 0 Å². The topological polar surface area (TPSA) is 51.7 Å². The maximum atomic E-state index is 12.1. The Balaban J connectivity index is 1.87. The number of thiazole rings is 1. The molecule has 0 aliphatic carbocycles. The molecule has 1 unspecified atom stereocenters. The lowest BCUT2D eigenvalue weighted by Gasteiger charge is -2.28. The molecule has 0 radical (unpaired) electrons. The van der Waals surface area contributed by atoms with Gasteiger partial charge in [-0.05, 0) is 33.6 Å². The molecule has 1 aromatic heterocycles. The fourth-order valence-corrected chi connectivity index (χ4v) is 2.51. The van der Waals surface area contributed by atoms with Crippen LogP contribution < -0.4 is 4.74 Å². The number of aromatic nitrogens is 1. The van der Waals surface area contributed by atoms with Gasteiger partial charge in [-0.2, -0.15) is 0 Å². The number of likely N-dealkylation sites (tertiary alicyclic amines) is 1. The van der Waals surface area contributed by atoms with Crippen molar-refractivity contribution in [1.82, 2.24) is 9.88 Å². The molecular formula is C13H20N2O3S. The minimum Gasteiger partial charge on any atom is -0.468 e. The number of carbonyl (C=O) groups excluding carboxylic acids is 1. The first-order chi connectivity index (χ1) is 8.96. The number of hydrogen-bond acceptors (Lipinski definition) is 5. The summed E-state index contributed by atoms with van der Waals surface area (Å²) in [7, 11) is 0. The molecule has 1 amide bonds. The van der Waals surface area contributed by atoms with Crippen LogP contribution in [-0.4, -0.2) is 40.8 Å². The molecule has 19 heavy (non-hydrogen) atoms. The van der Waals surface area contributed by atoms with Gasteiger partial charge in [-0.25, -0.2) is 9.78 Å². The summed E-state index contributed by atoms with van der Waals surface area (Å²) < 4.78 is 11.0. The second-order valence-corrected chi connectivity index (χ2v) is 6.44. The summed E-state index contributed by atoms with van der Waals surface area (Å²) in [5, 5.41) is 2.52. The van der Waals surface area contributed by atoms with Crippen LogP contribution in [-0.2, 0) is 4.74 Å². The molecule has 106 valence electrons. The van der Waals surface area contributed by atoms with E-state index in [0.717, 1.165) is 19.4 Å². The fourth-order valence-electron chi connectivity index (χ4n) is 2.02. The van der Waals surface area contributed by atoms with E-state index in [4.69, 9.17) is 9.47 Å². The van der Waals surface area contributed by atoms with Crippen LogP contribution in [0.4, 0.5) is 4.79 Å². The third-order valence-electron chi connectivity index (χ3n) is 2.81. The first kappa shape index (κ1) is 14.1. The van der Waals surface area contributed by atoms with E-state index >= 15 is 0 Å². The highest BCUT2D eigenvalue weighted by Crippen LogP contribution is 2.22. The Bertz CT molecular complexity index is 414. The second-order valence-electron chi connectivity index (χ2n) is 5.58. The zero-order chi connectivity index (χ0) is 13.9. The Kier molecular flexibility index (Phi) is 4.29. The normalized spacial score (nSPS) is 19.5. The fraction of sp³-hybridized carbons (Fsp3) is 0.692. The Morgan fingerprint density at radius 1 is 1.58 bits per heavy atom. The van der Waals surface area contributed by atoms with Crippen molar-refractivity contribution in [3.05, 3.63) is 11.6 Å². The molecule has 1 fully saturated rings. The minimum absolute atomic E-state index is 0.0822. The monoisotopic (exact) mass is 284 g/mol. The number of nitrogens with zero attached hydrogens (tertiary/aromatic N) is 2. The minimum atomic E-state index is -0.458. The largest absolute Gasteiger partial charge is 0.468 e. The van der Waals surface area contributed by atoms with Gasteiger partial charge in [0, 0.05) is 18.1 Å². The van der Waals surface area contributed by atoms with E-state index < -0.39 is 5.60 Å². The maximum absolute atomic E-state index is 12.1. The van der Waals surface area contributed by atoms with Gasteiger partial charge >= 0.3 is 6.09 Å². The van der Waals surface area contributed by atoms with Gasteiger partial charge in [0.2, 0.25) is 0 Å². The van der Waals surface area contributed by atoms with E-state index in [1.54, 1.807) is 11.1 Å². The average Bonchev–Trinajstić information content (AvgIpc) is 2.95. The Morgan fingerprint density at radius 2 is 2.37 bits per heavy atom. The number of ether oxygens (including phenoxy) is 2. The highest BCUT2D eigenvalue weighted by Gasteiger charge is 2.32. The first-order valence-corrected chi connectivity index (χ1v) is 7.35.